The van der Waals surface area contributed by atoms with Crippen LogP contribution in [0.2, 0.25) is 5.02 Å². The van der Waals surface area contributed by atoms with Crippen LogP contribution in [0.1, 0.15) is 37.8 Å². The second kappa shape index (κ2) is 6.98. The van der Waals surface area contributed by atoms with E-state index in [9.17, 15) is 5.11 Å². The average Bonchev–Trinajstić information content (AvgIpc) is 2.34. The standard InChI is InChI=1S/C14H23ClN2O/c1-4-5-6-13(18)14(16)11-8-7-10(17(2)3)9-12(11)15/h7-9,13-14,18H,4-6,16H2,1-3H3/t13-,14+/m1/s1. The highest BCUT2D eigenvalue weighted by molar-refractivity contribution is 6.31. The molecule has 0 aliphatic rings. The molecule has 18 heavy (non-hydrogen) atoms. The SMILES string of the molecule is CCCC[C@@H](O)[C@@H](N)c1ccc(N(C)C)cc1Cl. The van der Waals surface area contributed by atoms with Gasteiger partial charge in [-0.15, -0.1) is 0 Å². The van der Waals surface area contributed by atoms with E-state index in [4.69, 9.17) is 17.3 Å². The lowest BCUT2D eigenvalue weighted by atomic mass is 9.98. The molecule has 3 N–H and O–H groups in total. The first kappa shape index (κ1) is 15.3. The molecule has 0 aromatic heterocycles. The van der Waals surface area contributed by atoms with Crippen molar-refractivity contribution in [2.75, 3.05) is 19.0 Å². The first-order chi connectivity index (χ1) is 8.47. The average molecular weight is 271 g/mol. The fraction of sp³-hybridized carbons (Fsp3) is 0.571. The molecule has 0 saturated carbocycles. The summed E-state index contributed by atoms with van der Waals surface area (Å²) in [5, 5.41) is 10.6. The van der Waals surface area contributed by atoms with Crippen molar-refractivity contribution < 1.29 is 5.11 Å². The van der Waals surface area contributed by atoms with E-state index in [2.05, 4.69) is 6.92 Å². The molecule has 0 amide bonds. The topological polar surface area (TPSA) is 49.5 Å². The Bertz CT molecular complexity index is 382. The third-order valence-electron chi connectivity index (χ3n) is 3.13. The summed E-state index contributed by atoms with van der Waals surface area (Å²) >= 11 is 6.23. The zero-order chi connectivity index (χ0) is 13.7. The van der Waals surface area contributed by atoms with Gasteiger partial charge in [-0.1, -0.05) is 37.4 Å². The Kier molecular flexibility index (Phi) is 5.93. The Hall–Kier alpha value is -0.770. The van der Waals surface area contributed by atoms with E-state index in [1.54, 1.807) is 0 Å². The summed E-state index contributed by atoms with van der Waals surface area (Å²) in [6.45, 7) is 2.09. The van der Waals surface area contributed by atoms with Crippen molar-refractivity contribution in [3.8, 4) is 0 Å². The van der Waals surface area contributed by atoms with E-state index in [1.807, 2.05) is 37.2 Å². The number of nitrogens with zero attached hydrogens (tertiary/aromatic N) is 1. The van der Waals surface area contributed by atoms with Crippen molar-refractivity contribution in [1.29, 1.82) is 0 Å². The molecule has 0 spiro atoms. The van der Waals surface area contributed by atoms with Gasteiger partial charge in [0.25, 0.3) is 0 Å². The molecule has 3 nitrogen and oxygen atoms in total. The molecule has 0 fully saturated rings. The second-order valence-corrected chi connectivity index (χ2v) is 5.24. The van der Waals surface area contributed by atoms with Gasteiger partial charge < -0.3 is 15.7 Å². The number of aliphatic hydroxyl groups excluding tert-OH is 1. The number of aliphatic hydroxyl groups is 1. The number of hydrogen-bond acceptors (Lipinski definition) is 3. The predicted octanol–water partition coefficient (Wildman–Crippen LogP) is 2.96. The van der Waals surface area contributed by atoms with Crippen molar-refractivity contribution in [2.24, 2.45) is 5.73 Å². The van der Waals surface area contributed by atoms with Crippen LogP contribution in [0.15, 0.2) is 18.2 Å². The van der Waals surface area contributed by atoms with Crippen molar-refractivity contribution >= 4 is 17.3 Å². The summed E-state index contributed by atoms with van der Waals surface area (Å²) in [6, 6.07) is 5.33. The van der Waals surface area contributed by atoms with Crippen molar-refractivity contribution in [1.82, 2.24) is 0 Å². The molecule has 0 heterocycles. The maximum atomic E-state index is 10.0. The largest absolute Gasteiger partial charge is 0.391 e. The van der Waals surface area contributed by atoms with Crippen LogP contribution in [0.3, 0.4) is 0 Å². The fourth-order valence-electron chi connectivity index (χ4n) is 1.86. The minimum Gasteiger partial charge on any atom is -0.391 e. The molecule has 1 rings (SSSR count). The number of nitrogens with two attached hydrogens (primary N) is 1. The Labute approximate surface area is 115 Å². The van der Waals surface area contributed by atoms with Gasteiger partial charge in [-0.2, -0.15) is 0 Å². The van der Waals surface area contributed by atoms with E-state index in [-0.39, 0.29) is 0 Å². The van der Waals surface area contributed by atoms with Gasteiger partial charge in [0.1, 0.15) is 0 Å². The zero-order valence-electron chi connectivity index (χ0n) is 11.4. The van der Waals surface area contributed by atoms with Crippen LogP contribution in [-0.2, 0) is 0 Å². The number of benzene rings is 1. The number of rotatable bonds is 6. The highest BCUT2D eigenvalue weighted by atomic mass is 35.5. The molecule has 2 atom stereocenters. The third kappa shape index (κ3) is 3.87. The van der Waals surface area contributed by atoms with Crippen molar-refractivity contribution in [3.63, 3.8) is 0 Å². The van der Waals surface area contributed by atoms with Gasteiger partial charge >= 0.3 is 0 Å². The molecule has 1 aromatic carbocycles. The number of halogens is 1. The Morgan fingerprint density at radius 2 is 2.06 bits per heavy atom. The monoisotopic (exact) mass is 270 g/mol. The van der Waals surface area contributed by atoms with Gasteiger partial charge in [0.15, 0.2) is 0 Å². The Morgan fingerprint density at radius 1 is 1.39 bits per heavy atom. The highest BCUT2D eigenvalue weighted by Crippen LogP contribution is 2.29. The van der Waals surface area contributed by atoms with Crippen molar-refractivity contribution in [3.05, 3.63) is 28.8 Å². The summed E-state index contributed by atoms with van der Waals surface area (Å²) in [7, 11) is 3.92. The molecular weight excluding hydrogens is 248 g/mol. The lowest BCUT2D eigenvalue weighted by molar-refractivity contribution is 0.132. The summed E-state index contributed by atoms with van der Waals surface area (Å²) < 4.78 is 0. The lowest BCUT2D eigenvalue weighted by Crippen LogP contribution is -2.26. The smallest absolute Gasteiger partial charge is 0.0733 e. The molecule has 0 saturated heterocycles. The first-order valence-corrected chi connectivity index (χ1v) is 6.75. The molecule has 0 aliphatic carbocycles. The minimum atomic E-state index is -0.535. The zero-order valence-corrected chi connectivity index (χ0v) is 12.1. The molecular formula is C14H23ClN2O. The highest BCUT2D eigenvalue weighted by Gasteiger charge is 2.19. The van der Waals surface area contributed by atoms with Crippen LogP contribution in [-0.4, -0.2) is 25.3 Å². The molecule has 4 heteroatoms. The Morgan fingerprint density at radius 3 is 2.56 bits per heavy atom. The van der Waals surface area contributed by atoms with Crippen LogP contribution in [0, 0.1) is 0 Å². The van der Waals surface area contributed by atoms with Gasteiger partial charge in [-0.25, -0.2) is 0 Å². The van der Waals surface area contributed by atoms with E-state index < -0.39 is 12.1 Å². The van der Waals surface area contributed by atoms with Crippen molar-refractivity contribution in [2.45, 2.75) is 38.3 Å². The molecule has 102 valence electrons. The normalized spacial score (nSPS) is 14.3. The predicted molar refractivity (Wildman–Crippen MR) is 78.2 cm³/mol. The first-order valence-electron chi connectivity index (χ1n) is 6.37. The third-order valence-corrected chi connectivity index (χ3v) is 3.45. The Balaban J connectivity index is 2.82. The molecule has 0 bridgehead atoms. The van der Waals surface area contributed by atoms with Crippen LogP contribution < -0.4 is 10.6 Å². The molecule has 0 unspecified atom stereocenters. The maximum absolute atomic E-state index is 10.0. The summed E-state index contributed by atoms with van der Waals surface area (Å²) in [6.07, 6.45) is 2.20. The van der Waals surface area contributed by atoms with Gasteiger partial charge in [-0.3, -0.25) is 0 Å². The van der Waals surface area contributed by atoms with Crippen LogP contribution in [0.4, 0.5) is 5.69 Å². The number of anilines is 1. The minimum absolute atomic E-state index is 0.416. The second-order valence-electron chi connectivity index (χ2n) is 4.84. The molecule has 0 radical (unpaired) electrons. The summed E-state index contributed by atoms with van der Waals surface area (Å²) in [4.78, 5) is 1.98. The maximum Gasteiger partial charge on any atom is 0.0733 e. The van der Waals surface area contributed by atoms with Crippen LogP contribution in [0.25, 0.3) is 0 Å². The van der Waals surface area contributed by atoms with E-state index in [0.29, 0.717) is 11.4 Å². The fourth-order valence-corrected chi connectivity index (χ4v) is 2.17. The quantitative estimate of drug-likeness (QED) is 0.836. The van der Waals surface area contributed by atoms with Gasteiger partial charge in [-0.05, 0) is 24.1 Å². The van der Waals surface area contributed by atoms with Gasteiger partial charge in [0.2, 0.25) is 0 Å². The summed E-state index contributed by atoms with van der Waals surface area (Å²) in [5.74, 6) is 0. The van der Waals surface area contributed by atoms with Crippen LogP contribution in [0.5, 0.6) is 0 Å². The van der Waals surface area contributed by atoms with E-state index >= 15 is 0 Å². The summed E-state index contributed by atoms with van der Waals surface area (Å²) in [5.41, 5.74) is 7.90. The van der Waals surface area contributed by atoms with Gasteiger partial charge in [0.05, 0.1) is 12.1 Å². The van der Waals surface area contributed by atoms with Gasteiger partial charge in [0, 0.05) is 24.8 Å². The number of unbranched alkanes of at least 4 members (excludes halogenated alkanes) is 1. The lowest BCUT2D eigenvalue weighted by Gasteiger charge is -2.21. The van der Waals surface area contributed by atoms with Crippen LogP contribution >= 0.6 is 11.6 Å². The molecule has 0 aliphatic heterocycles. The number of hydrogen-bond donors (Lipinski definition) is 2. The van der Waals surface area contributed by atoms with E-state index in [0.717, 1.165) is 24.1 Å². The molecule has 1 aromatic rings. The van der Waals surface area contributed by atoms with E-state index in [1.165, 1.54) is 0 Å².